The Morgan fingerprint density at radius 2 is 1.01 bits per heavy atom. The molecule has 6 saturated carbocycles. The predicted octanol–water partition coefficient (Wildman–Crippen LogP) is 6.53. The average molecular weight is 1130 g/mol. The van der Waals surface area contributed by atoms with E-state index in [0.717, 1.165) is 0 Å². The molecule has 0 aromatic carbocycles. The Balaban J connectivity index is 0.806. The number of rotatable bonds is 10. The number of halogens is 7. The second-order valence-corrected chi connectivity index (χ2v) is 27.0. The van der Waals surface area contributed by atoms with Gasteiger partial charge in [-0.05, 0) is 0 Å². The summed E-state index contributed by atoms with van der Waals surface area (Å²) in [6, 6.07) is 0. The van der Waals surface area contributed by atoms with Crippen molar-refractivity contribution in [2.75, 3.05) is 13.2 Å². The van der Waals surface area contributed by atoms with E-state index in [1.54, 1.807) is 12.2 Å². The molecular weight excluding hydrogens is 1070 g/mol. The van der Waals surface area contributed by atoms with Crippen molar-refractivity contribution in [3.63, 3.8) is 0 Å². The molecule has 2 saturated heterocycles. The number of carbonyl (C=O) groups is 4. The molecule has 2 aliphatic heterocycles. The number of ether oxygens (including phenoxy) is 4. The van der Waals surface area contributed by atoms with E-state index in [4.69, 9.17) is 71.5 Å². The van der Waals surface area contributed by atoms with Gasteiger partial charge in [0.25, 0.3) is 0 Å². The molecule has 10 rings (SSSR count). The van der Waals surface area contributed by atoms with E-state index in [-0.39, 0.29) is 73.9 Å². The fourth-order valence-corrected chi connectivity index (χ4v) is 19.8. The molecule has 67 heavy (non-hydrogen) atoms. The monoisotopic (exact) mass is 1130 g/mol. The molecule has 18 unspecified atom stereocenters. The van der Waals surface area contributed by atoms with E-state index in [1.807, 2.05) is 41.5 Å². The first kappa shape index (κ1) is 49.7. The Kier molecular flexibility index (Phi) is 11.7. The summed E-state index contributed by atoms with van der Waals surface area (Å²) in [6.07, 6.45) is 7.04. The molecular formula is C50H60Cl4F2IO10-. The van der Waals surface area contributed by atoms with Crippen molar-refractivity contribution < 1.29 is 75.1 Å². The average Bonchev–Trinajstić information content (AvgIpc) is 3.81. The second-order valence-electron chi connectivity index (χ2n) is 23.1. The Labute approximate surface area is 422 Å². The van der Waals surface area contributed by atoms with Gasteiger partial charge in [0.15, 0.2) is 11.6 Å². The summed E-state index contributed by atoms with van der Waals surface area (Å²) in [5.41, 5.74) is -4.99. The van der Waals surface area contributed by atoms with Crippen LogP contribution in [0.4, 0.5) is 8.78 Å². The van der Waals surface area contributed by atoms with Gasteiger partial charge in [-0.2, -0.15) is 0 Å². The van der Waals surface area contributed by atoms with E-state index in [9.17, 15) is 19.2 Å². The Morgan fingerprint density at radius 1 is 0.642 bits per heavy atom. The predicted molar refractivity (Wildman–Crippen MR) is 241 cm³/mol. The summed E-state index contributed by atoms with van der Waals surface area (Å²) in [4.78, 5) is 50.7. The third-order valence-corrected chi connectivity index (χ3v) is 23.2. The number of carbonyl (C=O) groups excluding carboxylic acids is 4. The van der Waals surface area contributed by atoms with Crippen LogP contribution >= 0.6 is 46.4 Å². The minimum absolute atomic E-state index is 0.0461. The molecule has 0 bridgehead atoms. The van der Waals surface area contributed by atoms with Crippen LogP contribution in [0.25, 0.3) is 0 Å². The zero-order valence-corrected chi connectivity index (χ0v) is 44.2. The van der Waals surface area contributed by atoms with Crippen LogP contribution in [0.1, 0.15) is 107 Å². The molecule has 0 aromatic rings. The molecule has 0 aromatic heterocycles. The molecule has 10 nitrogen and oxygen atoms in total. The number of alkyl halides is 6. The number of Topliss-reactive ketones (excluding diaryl/α,β-unsaturated/α-hetero) is 2. The van der Waals surface area contributed by atoms with Crippen LogP contribution < -0.4 is 22.0 Å². The zero-order valence-electron chi connectivity index (χ0n) is 39.0. The number of hydrogen-bond donors (Lipinski definition) is 0. The molecule has 0 spiro atoms. The molecule has 18 atom stereocenters. The molecule has 10 aliphatic rings. The zero-order chi connectivity index (χ0) is 48.5. The van der Waals surface area contributed by atoms with Gasteiger partial charge in [0, 0.05) is 0 Å². The first-order valence-electron chi connectivity index (χ1n) is 23.6. The molecule has 0 N–H and O–H groups in total. The Bertz CT molecular complexity index is 2170. The van der Waals surface area contributed by atoms with Crippen molar-refractivity contribution in [2.45, 2.75) is 175 Å². The van der Waals surface area contributed by atoms with Gasteiger partial charge in [-0.3, -0.25) is 9.59 Å². The fraction of sp³-hybridized carbons (Fsp3) is 0.760. The van der Waals surface area contributed by atoms with Crippen molar-refractivity contribution in [3.05, 3.63) is 47.6 Å². The van der Waals surface area contributed by atoms with Crippen LogP contribution in [0.5, 0.6) is 0 Å². The third-order valence-electron chi connectivity index (χ3n) is 19.0. The van der Waals surface area contributed by atoms with Crippen molar-refractivity contribution in [1.29, 1.82) is 0 Å². The van der Waals surface area contributed by atoms with Crippen LogP contribution in [-0.2, 0) is 44.3 Å². The van der Waals surface area contributed by atoms with Gasteiger partial charge in [0.2, 0.25) is 0 Å². The molecule has 8 fully saturated rings. The SMILES string of the molecule is CC1(C)OC2CC3C4CC(F)C5=CC(=O)C=CC5(C)C4(Cl)C(Cl)CC3(C)C2(CC(=O)CO[I-]OCC(=O)CC23OC(C)(C)OC2CC2C4CC(F)C5=CC(=O)C=CC5(C)C4(Cl)C(Cl)CC23C)O1. The van der Waals surface area contributed by atoms with E-state index >= 15 is 8.78 Å². The Morgan fingerprint density at radius 3 is 1.39 bits per heavy atom. The molecule has 370 valence electrons. The van der Waals surface area contributed by atoms with Gasteiger partial charge in [-0.1, -0.05) is 0 Å². The number of allylic oxidation sites excluding steroid dienone is 8. The van der Waals surface area contributed by atoms with Crippen molar-refractivity contribution >= 4 is 69.5 Å². The van der Waals surface area contributed by atoms with Crippen LogP contribution in [0.2, 0.25) is 0 Å². The van der Waals surface area contributed by atoms with E-state index in [2.05, 4.69) is 13.8 Å². The molecule has 2 heterocycles. The normalized spacial score (nSPS) is 51.7. The number of fused-ring (bicyclic) bond motifs is 14. The van der Waals surface area contributed by atoms with E-state index in [0.29, 0.717) is 36.8 Å². The first-order chi connectivity index (χ1) is 31.1. The molecule has 17 heteroatoms. The quantitative estimate of drug-likeness (QED) is 0.136. The Hall–Kier alpha value is -0.850. The fourth-order valence-electron chi connectivity index (χ4n) is 16.2. The molecule has 0 amide bonds. The van der Waals surface area contributed by atoms with Crippen molar-refractivity contribution in [1.82, 2.24) is 0 Å². The van der Waals surface area contributed by atoms with Gasteiger partial charge in [-0.25, -0.2) is 0 Å². The van der Waals surface area contributed by atoms with E-state index in [1.165, 1.54) is 24.3 Å². The van der Waals surface area contributed by atoms with Gasteiger partial charge in [-0.15, -0.1) is 0 Å². The number of hydrogen-bond acceptors (Lipinski definition) is 10. The van der Waals surface area contributed by atoms with E-state index < -0.39 is 123 Å². The van der Waals surface area contributed by atoms with Gasteiger partial charge < -0.3 is 0 Å². The van der Waals surface area contributed by atoms with Crippen LogP contribution in [0.15, 0.2) is 47.6 Å². The minimum atomic E-state index is -1.52. The third kappa shape index (κ3) is 6.68. The summed E-state index contributed by atoms with van der Waals surface area (Å²) in [5, 5.41) is -1.33. The second kappa shape index (κ2) is 15.8. The summed E-state index contributed by atoms with van der Waals surface area (Å²) >= 11 is 28.7. The van der Waals surface area contributed by atoms with Gasteiger partial charge >= 0.3 is 404 Å². The molecule has 0 radical (unpaired) electrons. The first-order valence-corrected chi connectivity index (χ1v) is 27.0. The molecule has 8 aliphatic carbocycles. The summed E-state index contributed by atoms with van der Waals surface area (Å²) in [5.74, 6) is -4.31. The van der Waals surface area contributed by atoms with Crippen LogP contribution in [0, 0.1) is 45.3 Å². The van der Waals surface area contributed by atoms with Crippen molar-refractivity contribution in [2.24, 2.45) is 45.3 Å². The summed E-state index contributed by atoms with van der Waals surface area (Å²) < 4.78 is 71.0. The van der Waals surface area contributed by atoms with Crippen LogP contribution in [0.3, 0.4) is 0 Å². The maximum absolute atomic E-state index is 16.2. The summed E-state index contributed by atoms with van der Waals surface area (Å²) in [7, 11) is 0. The topological polar surface area (TPSA) is 124 Å². The van der Waals surface area contributed by atoms with Gasteiger partial charge in [0.05, 0.1) is 0 Å². The van der Waals surface area contributed by atoms with Crippen LogP contribution in [-0.4, -0.2) is 104 Å². The number of ketones is 4. The summed E-state index contributed by atoms with van der Waals surface area (Å²) in [6.45, 7) is 14.6. The van der Waals surface area contributed by atoms with Gasteiger partial charge in [0.1, 0.15) is 0 Å². The standard InChI is InChI=1S/C50H60Cl4F2IO10/c1-41(2)64-39-17-29-31-15-35(55)33-13-25(58)9-11-43(33,5)49(31,53)37(51)21-45(29,7)47(39,66-41)19-27(60)23-62-57-63-24-28(61)20-48-40(65-42(3,4)67-48)18-30-32-16-36(56)34-14-26(59)10-12-44(34,6)50(32,54)38(52)22-46(30,48)8/h9-14,29-32,35-40H,15-24H2,1-8H3/q-1. The maximum atomic E-state index is 16.2. The van der Waals surface area contributed by atoms with Crippen molar-refractivity contribution in [3.8, 4) is 0 Å².